The van der Waals surface area contributed by atoms with Gasteiger partial charge in [-0.1, -0.05) is 0 Å². The molecule has 0 unspecified atom stereocenters. The maximum Gasteiger partial charge on any atom is 0.265 e. The number of nitrogens with zero attached hydrogens (tertiary/aromatic N) is 4. The zero-order valence-corrected chi connectivity index (χ0v) is 13.1. The van der Waals surface area contributed by atoms with Gasteiger partial charge >= 0.3 is 0 Å². The summed E-state index contributed by atoms with van der Waals surface area (Å²) in [5.74, 6) is 0.378. The number of hydrogen-bond acceptors (Lipinski definition) is 5. The lowest BCUT2D eigenvalue weighted by Crippen LogP contribution is -2.39. The first-order chi connectivity index (χ1) is 10.1. The van der Waals surface area contributed by atoms with Crippen molar-refractivity contribution in [1.29, 1.82) is 0 Å². The highest BCUT2D eigenvalue weighted by Gasteiger charge is 2.28. The van der Waals surface area contributed by atoms with Crippen molar-refractivity contribution in [2.45, 2.75) is 32.6 Å². The van der Waals surface area contributed by atoms with Crippen LogP contribution in [0.1, 0.15) is 45.5 Å². The van der Waals surface area contributed by atoms with E-state index in [9.17, 15) is 4.79 Å². The summed E-state index contributed by atoms with van der Waals surface area (Å²) in [6.07, 6.45) is 5.65. The Morgan fingerprint density at radius 2 is 2.24 bits per heavy atom. The lowest BCUT2D eigenvalue weighted by molar-refractivity contribution is 0.0709. The summed E-state index contributed by atoms with van der Waals surface area (Å²) in [6.45, 7) is 5.36. The summed E-state index contributed by atoms with van der Waals surface area (Å²) >= 11 is 1.42. The van der Waals surface area contributed by atoms with Crippen molar-refractivity contribution in [1.82, 2.24) is 19.9 Å². The van der Waals surface area contributed by atoms with E-state index in [1.54, 1.807) is 11.7 Å². The summed E-state index contributed by atoms with van der Waals surface area (Å²) in [4.78, 5) is 28.2. The van der Waals surface area contributed by atoms with Gasteiger partial charge in [-0.05, 0) is 26.7 Å². The molecule has 2 aromatic heterocycles. The topological polar surface area (TPSA) is 59.0 Å². The first-order valence-electron chi connectivity index (χ1n) is 7.13. The highest BCUT2D eigenvalue weighted by Crippen LogP contribution is 2.27. The number of piperidine rings is 1. The Morgan fingerprint density at radius 3 is 2.95 bits per heavy atom. The van der Waals surface area contributed by atoms with Crippen molar-refractivity contribution in [2.24, 2.45) is 0 Å². The molecule has 0 spiro atoms. The Kier molecular flexibility index (Phi) is 3.96. The summed E-state index contributed by atoms with van der Waals surface area (Å²) in [5, 5.41) is 0. The quantitative estimate of drug-likeness (QED) is 0.855. The van der Waals surface area contributed by atoms with E-state index < -0.39 is 0 Å². The highest BCUT2D eigenvalue weighted by atomic mass is 32.1. The second kappa shape index (κ2) is 5.89. The van der Waals surface area contributed by atoms with Gasteiger partial charge in [-0.15, -0.1) is 11.3 Å². The average Bonchev–Trinajstić information content (AvgIpc) is 2.93. The molecule has 21 heavy (non-hydrogen) atoms. The molecule has 0 saturated carbocycles. The molecule has 3 rings (SSSR count). The Balaban J connectivity index is 1.77. The van der Waals surface area contributed by atoms with E-state index in [-0.39, 0.29) is 11.8 Å². The monoisotopic (exact) mass is 302 g/mol. The molecule has 0 aliphatic carbocycles. The number of thiazole rings is 1. The van der Waals surface area contributed by atoms with Gasteiger partial charge in [0.05, 0.1) is 22.6 Å². The van der Waals surface area contributed by atoms with Crippen LogP contribution in [-0.4, -0.2) is 38.8 Å². The number of carbonyl (C=O) groups is 1. The summed E-state index contributed by atoms with van der Waals surface area (Å²) in [6, 6.07) is 0. The number of hydrogen-bond donors (Lipinski definition) is 0. The molecular formula is C15H18N4OS. The highest BCUT2D eigenvalue weighted by molar-refractivity contribution is 7.11. The van der Waals surface area contributed by atoms with E-state index in [2.05, 4.69) is 15.0 Å². The van der Waals surface area contributed by atoms with Crippen LogP contribution in [0.25, 0.3) is 0 Å². The van der Waals surface area contributed by atoms with Crippen LogP contribution >= 0.6 is 11.3 Å². The van der Waals surface area contributed by atoms with Crippen LogP contribution in [0.3, 0.4) is 0 Å². The van der Waals surface area contributed by atoms with Crippen LogP contribution < -0.4 is 0 Å². The van der Waals surface area contributed by atoms with Gasteiger partial charge in [-0.25, -0.2) is 4.98 Å². The molecule has 1 atom stereocenters. The molecule has 1 amide bonds. The Bertz CT molecular complexity index is 655. The van der Waals surface area contributed by atoms with Gasteiger partial charge in [0, 0.05) is 31.4 Å². The van der Waals surface area contributed by atoms with E-state index >= 15 is 0 Å². The number of aromatic nitrogens is 3. The minimum Gasteiger partial charge on any atom is -0.337 e. The summed E-state index contributed by atoms with van der Waals surface area (Å²) in [5.41, 5.74) is 4.47. The molecule has 1 aliphatic heterocycles. The fourth-order valence-corrected chi connectivity index (χ4v) is 3.50. The van der Waals surface area contributed by atoms with E-state index in [0.29, 0.717) is 6.54 Å². The molecule has 3 heterocycles. The number of amides is 1. The van der Waals surface area contributed by atoms with Crippen molar-refractivity contribution in [3.63, 3.8) is 0 Å². The number of likely N-dealkylation sites (tertiary alicyclic amines) is 1. The maximum absolute atomic E-state index is 12.6. The third-order valence-corrected chi connectivity index (χ3v) is 4.76. The van der Waals surface area contributed by atoms with Crippen molar-refractivity contribution in [3.05, 3.63) is 39.9 Å². The standard InChI is InChI=1S/C15H18N4OS/c1-10-6-16-7-13(18-10)12-4-3-5-19(8-12)15(20)14-11(2)17-9-21-14/h6-7,9,12H,3-5,8H2,1-2H3/t12-/m0/s1. The van der Waals surface area contributed by atoms with Gasteiger partial charge in [0.25, 0.3) is 5.91 Å². The molecule has 1 saturated heterocycles. The Hall–Kier alpha value is -1.82. The van der Waals surface area contributed by atoms with Crippen LogP contribution in [0.2, 0.25) is 0 Å². The minimum absolute atomic E-state index is 0.0975. The number of carbonyl (C=O) groups excluding carboxylic acids is 1. The fraction of sp³-hybridized carbons (Fsp3) is 0.467. The Morgan fingerprint density at radius 1 is 1.38 bits per heavy atom. The minimum atomic E-state index is 0.0975. The van der Waals surface area contributed by atoms with Crippen LogP contribution in [-0.2, 0) is 0 Å². The number of aryl methyl sites for hydroxylation is 2. The van der Waals surface area contributed by atoms with Gasteiger partial charge in [0.1, 0.15) is 4.88 Å². The average molecular weight is 302 g/mol. The molecule has 5 nitrogen and oxygen atoms in total. The SMILES string of the molecule is Cc1cncc([C@H]2CCCN(C(=O)c3scnc3C)C2)n1. The van der Waals surface area contributed by atoms with Gasteiger partial charge < -0.3 is 4.90 Å². The third kappa shape index (κ3) is 2.95. The van der Waals surface area contributed by atoms with Gasteiger partial charge in [0.2, 0.25) is 0 Å². The second-order valence-electron chi connectivity index (χ2n) is 5.44. The van der Waals surface area contributed by atoms with Crippen LogP contribution in [0.5, 0.6) is 0 Å². The summed E-state index contributed by atoms with van der Waals surface area (Å²) in [7, 11) is 0. The molecular weight excluding hydrogens is 284 g/mol. The first kappa shape index (κ1) is 14.1. The van der Waals surface area contributed by atoms with Crippen molar-refractivity contribution < 1.29 is 4.79 Å². The van der Waals surface area contributed by atoms with E-state index in [1.165, 1.54) is 11.3 Å². The Labute approximate surface area is 128 Å². The first-order valence-corrected chi connectivity index (χ1v) is 8.01. The van der Waals surface area contributed by atoms with E-state index in [1.807, 2.05) is 24.9 Å². The fourth-order valence-electron chi connectivity index (χ4n) is 2.73. The molecule has 1 aliphatic rings. The smallest absolute Gasteiger partial charge is 0.265 e. The van der Waals surface area contributed by atoms with Crippen molar-refractivity contribution >= 4 is 17.2 Å². The molecule has 110 valence electrons. The zero-order valence-electron chi connectivity index (χ0n) is 12.2. The van der Waals surface area contributed by atoms with E-state index in [4.69, 9.17) is 0 Å². The van der Waals surface area contributed by atoms with Gasteiger partial charge in [-0.3, -0.25) is 14.8 Å². The van der Waals surface area contributed by atoms with Crippen molar-refractivity contribution in [3.8, 4) is 0 Å². The van der Waals surface area contributed by atoms with Gasteiger partial charge in [0.15, 0.2) is 0 Å². The second-order valence-corrected chi connectivity index (χ2v) is 6.30. The molecule has 0 bridgehead atoms. The molecule has 0 aromatic carbocycles. The third-order valence-electron chi connectivity index (χ3n) is 3.84. The maximum atomic E-state index is 12.6. The normalized spacial score (nSPS) is 18.8. The number of rotatable bonds is 2. The van der Waals surface area contributed by atoms with Crippen molar-refractivity contribution in [2.75, 3.05) is 13.1 Å². The van der Waals surface area contributed by atoms with Crippen LogP contribution in [0, 0.1) is 13.8 Å². The lowest BCUT2D eigenvalue weighted by atomic mass is 9.95. The predicted octanol–water partition coefficient (Wildman–Crippen LogP) is 2.57. The lowest BCUT2D eigenvalue weighted by Gasteiger charge is -2.32. The van der Waals surface area contributed by atoms with E-state index in [0.717, 1.165) is 41.3 Å². The van der Waals surface area contributed by atoms with Crippen LogP contribution in [0.15, 0.2) is 17.9 Å². The molecule has 6 heteroatoms. The largest absolute Gasteiger partial charge is 0.337 e. The molecule has 0 radical (unpaired) electrons. The molecule has 1 fully saturated rings. The van der Waals surface area contributed by atoms with Gasteiger partial charge in [-0.2, -0.15) is 0 Å². The zero-order chi connectivity index (χ0) is 14.8. The summed E-state index contributed by atoms with van der Waals surface area (Å²) < 4.78 is 0. The molecule has 2 aromatic rings. The van der Waals surface area contributed by atoms with Crippen LogP contribution in [0.4, 0.5) is 0 Å². The predicted molar refractivity (Wildman–Crippen MR) is 81.5 cm³/mol. The molecule has 0 N–H and O–H groups in total.